The summed E-state index contributed by atoms with van der Waals surface area (Å²) in [6, 6.07) is 0. The summed E-state index contributed by atoms with van der Waals surface area (Å²) < 4.78 is 21.0. The molecular formula is C16H36O5. The van der Waals surface area contributed by atoms with Crippen molar-refractivity contribution in [3.05, 3.63) is 0 Å². The van der Waals surface area contributed by atoms with Gasteiger partial charge < -0.3 is 24.1 Å². The van der Waals surface area contributed by atoms with Crippen molar-refractivity contribution < 1.29 is 24.1 Å². The maximum atomic E-state index is 7.00. The predicted octanol–water partition coefficient (Wildman–Crippen LogP) is 2.65. The maximum absolute atomic E-state index is 7.00. The molecule has 0 saturated heterocycles. The van der Waals surface area contributed by atoms with Crippen molar-refractivity contribution in [1.29, 1.82) is 0 Å². The number of hydrogen-bond donors (Lipinski definition) is 1. The summed E-state index contributed by atoms with van der Waals surface area (Å²) in [4.78, 5) is 0. The van der Waals surface area contributed by atoms with Crippen LogP contribution >= 0.6 is 0 Å². The van der Waals surface area contributed by atoms with Crippen molar-refractivity contribution in [2.24, 2.45) is 0 Å². The third-order valence-corrected chi connectivity index (χ3v) is 2.82. The highest BCUT2D eigenvalue weighted by Crippen LogP contribution is 2.04. The quantitative estimate of drug-likeness (QED) is 0.444. The van der Waals surface area contributed by atoms with Crippen LogP contribution in [0.25, 0.3) is 0 Å². The van der Waals surface area contributed by atoms with E-state index in [1.807, 2.05) is 0 Å². The van der Waals surface area contributed by atoms with Crippen molar-refractivity contribution in [3.63, 3.8) is 0 Å². The molecule has 0 aliphatic rings. The van der Waals surface area contributed by atoms with E-state index >= 15 is 0 Å². The molecule has 0 aliphatic carbocycles. The minimum absolute atomic E-state index is 0.626. The molecule has 130 valence electrons. The number of methoxy groups -OCH3 is 1. The van der Waals surface area contributed by atoms with Gasteiger partial charge >= 0.3 is 0 Å². The zero-order valence-electron chi connectivity index (χ0n) is 14.3. The zero-order valence-corrected chi connectivity index (χ0v) is 14.3. The van der Waals surface area contributed by atoms with Gasteiger partial charge in [0.05, 0.1) is 39.6 Å². The highest BCUT2D eigenvalue weighted by molar-refractivity contribution is 4.43. The van der Waals surface area contributed by atoms with E-state index in [9.17, 15) is 0 Å². The van der Waals surface area contributed by atoms with E-state index in [-0.39, 0.29) is 0 Å². The van der Waals surface area contributed by atoms with Gasteiger partial charge in [0, 0.05) is 20.8 Å². The molecule has 21 heavy (non-hydrogen) atoms. The van der Waals surface area contributed by atoms with Gasteiger partial charge in [0.25, 0.3) is 0 Å². The van der Waals surface area contributed by atoms with Crippen LogP contribution in [0.2, 0.25) is 0 Å². The smallest absolute Gasteiger partial charge is 0.0701 e. The Morgan fingerprint density at radius 2 is 1.00 bits per heavy atom. The molecule has 0 aromatic carbocycles. The summed E-state index contributed by atoms with van der Waals surface area (Å²) in [5, 5.41) is 7.00. The Labute approximate surface area is 130 Å². The molecule has 0 heterocycles. The minimum Gasteiger partial charge on any atom is -0.400 e. The van der Waals surface area contributed by atoms with E-state index in [4.69, 9.17) is 24.1 Å². The van der Waals surface area contributed by atoms with E-state index in [0.717, 1.165) is 13.7 Å². The second-order valence-electron chi connectivity index (χ2n) is 4.60. The summed E-state index contributed by atoms with van der Waals surface area (Å²) in [6.45, 7) is 6.97. The molecule has 1 N–H and O–H groups in total. The van der Waals surface area contributed by atoms with Crippen LogP contribution in [0.3, 0.4) is 0 Å². The van der Waals surface area contributed by atoms with E-state index in [1.54, 1.807) is 7.11 Å². The van der Waals surface area contributed by atoms with Gasteiger partial charge in [-0.2, -0.15) is 0 Å². The summed E-state index contributed by atoms with van der Waals surface area (Å²) in [6.07, 6.45) is 7.83. The van der Waals surface area contributed by atoms with Crippen LogP contribution in [0, 0.1) is 0 Å². The summed E-state index contributed by atoms with van der Waals surface area (Å²) in [5.41, 5.74) is 0. The lowest BCUT2D eigenvalue weighted by Crippen LogP contribution is -2.11. The second-order valence-corrected chi connectivity index (χ2v) is 4.60. The Hall–Kier alpha value is -0.200. The van der Waals surface area contributed by atoms with Crippen molar-refractivity contribution >= 4 is 0 Å². The maximum Gasteiger partial charge on any atom is 0.0701 e. The Morgan fingerprint density at radius 3 is 1.52 bits per heavy atom. The molecule has 0 atom stereocenters. The van der Waals surface area contributed by atoms with Gasteiger partial charge in [0.2, 0.25) is 0 Å². The monoisotopic (exact) mass is 308 g/mol. The number of rotatable bonds is 16. The Balaban J connectivity index is 0. The Kier molecular flexibility index (Phi) is 27.2. The Morgan fingerprint density at radius 1 is 0.571 bits per heavy atom. The number of hydrogen-bond acceptors (Lipinski definition) is 5. The van der Waals surface area contributed by atoms with Gasteiger partial charge in [-0.1, -0.05) is 39.0 Å². The lowest BCUT2D eigenvalue weighted by Gasteiger charge is -2.06. The molecule has 0 amide bonds. The molecule has 0 bridgehead atoms. The third kappa shape index (κ3) is 25.1. The van der Waals surface area contributed by atoms with Gasteiger partial charge in [-0.05, 0) is 6.42 Å². The first kappa shape index (κ1) is 23.1. The van der Waals surface area contributed by atoms with Gasteiger partial charge in [0.1, 0.15) is 0 Å². The van der Waals surface area contributed by atoms with Crippen molar-refractivity contribution in [1.82, 2.24) is 0 Å². The molecule has 0 radical (unpaired) electrons. The number of ether oxygens (including phenoxy) is 4. The van der Waals surface area contributed by atoms with E-state index in [0.29, 0.717) is 39.6 Å². The van der Waals surface area contributed by atoms with Gasteiger partial charge in [0.15, 0.2) is 0 Å². The standard InChI is InChI=1S/C15H32O4.CH4O/c1-3-4-5-6-7-8-9-17-12-13-19-15-14-18-11-10-16-2;1-2/h3-15H2,1-2H3;2H,1H3. The molecule has 0 unspecified atom stereocenters. The zero-order chi connectivity index (χ0) is 16.0. The van der Waals surface area contributed by atoms with Crippen LogP contribution in [0.5, 0.6) is 0 Å². The van der Waals surface area contributed by atoms with Crippen LogP contribution in [-0.2, 0) is 18.9 Å². The Bertz CT molecular complexity index is 140. The SMILES string of the molecule is CCCCCCCCOCCOCCOCCOC.CO. The number of unbranched alkanes of at least 4 members (excludes halogenated alkanes) is 5. The fraction of sp³-hybridized carbons (Fsp3) is 1.00. The van der Waals surface area contributed by atoms with E-state index in [1.165, 1.54) is 38.5 Å². The molecule has 0 spiro atoms. The molecule has 5 nitrogen and oxygen atoms in total. The normalized spacial score (nSPS) is 10.3. The van der Waals surface area contributed by atoms with Gasteiger partial charge in [-0.25, -0.2) is 0 Å². The summed E-state index contributed by atoms with van der Waals surface area (Å²) in [5.74, 6) is 0. The molecule has 0 aromatic heterocycles. The highest BCUT2D eigenvalue weighted by atomic mass is 16.6. The second kappa shape index (κ2) is 24.8. The number of aliphatic hydroxyl groups excluding tert-OH is 1. The van der Waals surface area contributed by atoms with Crippen LogP contribution in [0.4, 0.5) is 0 Å². The average molecular weight is 308 g/mol. The number of aliphatic hydroxyl groups is 1. The molecule has 0 rings (SSSR count). The van der Waals surface area contributed by atoms with Crippen molar-refractivity contribution in [3.8, 4) is 0 Å². The fourth-order valence-electron chi connectivity index (χ4n) is 1.67. The minimum atomic E-state index is 0.626. The first-order valence-electron chi connectivity index (χ1n) is 8.08. The van der Waals surface area contributed by atoms with Gasteiger partial charge in [-0.15, -0.1) is 0 Å². The van der Waals surface area contributed by atoms with Gasteiger partial charge in [-0.3, -0.25) is 0 Å². The largest absolute Gasteiger partial charge is 0.400 e. The first-order valence-corrected chi connectivity index (χ1v) is 8.08. The third-order valence-electron chi connectivity index (χ3n) is 2.82. The molecular weight excluding hydrogens is 272 g/mol. The summed E-state index contributed by atoms with van der Waals surface area (Å²) >= 11 is 0. The predicted molar refractivity (Wildman–Crippen MR) is 85.9 cm³/mol. The van der Waals surface area contributed by atoms with Crippen LogP contribution in [0.1, 0.15) is 45.4 Å². The summed E-state index contributed by atoms with van der Waals surface area (Å²) in [7, 11) is 2.67. The lowest BCUT2D eigenvalue weighted by molar-refractivity contribution is 0.00323. The van der Waals surface area contributed by atoms with Crippen LogP contribution in [0.15, 0.2) is 0 Å². The average Bonchev–Trinajstić information content (AvgIpc) is 2.53. The first-order chi connectivity index (χ1) is 10.4. The van der Waals surface area contributed by atoms with E-state index in [2.05, 4.69) is 6.92 Å². The fourth-order valence-corrected chi connectivity index (χ4v) is 1.67. The molecule has 0 saturated carbocycles. The van der Waals surface area contributed by atoms with Crippen molar-refractivity contribution in [2.45, 2.75) is 45.4 Å². The highest BCUT2D eigenvalue weighted by Gasteiger charge is 1.93. The molecule has 0 fully saturated rings. The topological polar surface area (TPSA) is 57.2 Å². The van der Waals surface area contributed by atoms with Crippen LogP contribution < -0.4 is 0 Å². The molecule has 0 aromatic rings. The molecule has 5 heteroatoms. The lowest BCUT2D eigenvalue weighted by atomic mass is 10.1. The van der Waals surface area contributed by atoms with Crippen LogP contribution in [-0.4, -0.2) is 65.6 Å². The molecule has 0 aliphatic heterocycles. The van der Waals surface area contributed by atoms with Crippen molar-refractivity contribution in [2.75, 3.05) is 60.5 Å². The van der Waals surface area contributed by atoms with E-state index < -0.39 is 0 Å².